The standard InChI is InChI=1S/C15H15ClN4O/c16-12-3-1-10(2-4-12)8-20-6-5-11-7-18-15(14(17)21)19-13(11)9-20/h1-4,7H,5-6,8-9H2,(H2,17,21). The molecule has 0 unspecified atom stereocenters. The number of halogens is 1. The summed E-state index contributed by atoms with van der Waals surface area (Å²) in [5, 5.41) is 0.738. The molecule has 0 saturated carbocycles. The Labute approximate surface area is 127 Å². The van der Waals surface area contributed by atoms with Crippen LogP contribution in [0.4, 0.5) is 0 Å². The van der Waals surface area contributed by atoms with Crippen molar-refractivity contribution in [1.29, 1.82) is 0 Å². The highest BCUT2D eigenvalue weighted by Gasteiger charge is 2.19. The number of hydrogen-bond acceptors (Lipinski definition) is 4. The van der Waals surface area contributed by atoms with Crippen molar-refractivity contribution in [2.24, 2.45) is 5.73 Å². The highest BCUT2D eigenvalue weighted by Crippen LogP contribution is 2.19. The van der Waals surface area contributed by atoms with E-state index >= 15 is 0 Å². The van der Waals surface area contributed by atoms with E-state index in [1.54, 1.807) is 6.20 Å². The van der Waals surface area contributed by atoms with Gasteiger partial charge >= 0.3 is 0 Å². The van der Waals surface area contributed by atoms with E-state index in [0.717, 1.165) is 35.8 Å². The number of hydrogen-bond donors (Lipinski definition) is 1. The SMILES string of the molecule is NC(=O)c1ncc2c(n1)CN(Cc1ccc(Cl)cc1)CC2. The zero-order valence-corrected chi connectivity index (χ0v) is 12.2. The molecular weight excluding hydrogens is 288 g/mol. The molecule has 2 N–H and O–H groups in total. The molecule has 5 nitrogen and oxygen atoms in total. The zero-order chi connectivity index (χ0) is 14.8. The van der Waals surface area contributed by atoms with E-state index in [9.17, 15) is 4.79 Å². The molecule has 6 heteroatoms. The summed E-state index contributed by atoms with van der Waals surface area (Å²) in [6.45, 7) is 2.46. The monoisotopic (exact) mass is 302 g/mol. The molecule has 2 aromatic rings. The third-order valence-corrected chi connectivity index (χ3v) is 3.82. The minimum Gasteiger partial charge on any atom is -0.363 e. The van der Waals surface area contributed by atoms with Gasteiger partial charge in [0.15, 0.2) is 0 Å². The molecule has 0 fully saturated rings. The molecule has 108 valence electrons. The molecule has 0 atom stereocenters. The fraction of sp³-hybridized carbons (Fsp3) is 0.267. The number of fused-ring (bicyclic) bond motifs is 1. The van der Waals surface area contributed by atoms with Crippen LogP contribution >= 0.6 is 11.6 Å². The van der Waals surface area contributed by atoms with Gasteiger partial charge in [0, 0.05) is 30.9 Å². The zero-order valence-electron chi connectivity index (χ0n) is 11.4. The van der Waals surface area contributed by atoms with Crippen LogP contribution in [0, 0.1) is 0 Å². The molecule has 0 saturated heterocycles. The van der Waals surface area contributed by atoms with Crippen LogP contribution in [0.2, 0.25) is 5.02 Å². The van der Waals surface area contributed by atoms with Gasteiger partial charge in [-0.1, -0.05) is 23.7 Å². The quantitative estimate of drug-likeness (QED) is 0.938. The lowest BCUT2D eigenvalue weighted by atomic mass is 10.1. The van der Waals surface area contributed by atoms with E-state index in [1.165, 1.54) is 5.56 Å². The van der Waals surface area contributed by atoms with Gasteiger partial charge < -0.3 is 5.73 Å². The number of carbonyl (C=O) groups is 1. The van der Waals surface area contributed by atoms with Gasteiger partial charge in [0.05, 0.1) is 5.69 Å². The van der Waals surface area contributed by atoms with Gasteiger partial charge in [-0.25, -0.2) is 9.97 Å². The lowest BCUT2D eigenvalue weighted by molar-refractivity contribution is 0.0989. The molecule has 1 aliphatic heterocycles. The van der Waals surface area contributed by atoms with Crippen LogP contribution in [0.15, 0.2) is 30.5 Å². The molecule has 0 bridgehead atoms. The Morgan fingerprint density at radius 2 is 2.10 bits per heavy atom. The Kier molecular flexibility index (Phi) is 3.86. The van der Waals surface area contributed by atoms with Gasteiger partial charge in [0.25, 0.3) is 5.91 Å². The predicted molar refractivity (Wildman–Crippen MR) is 79.8 cm³/mol. The van der Waals surface area contributed by atoms with Crippen LogP contribution in [0.1, 0.15) is 27.4 Å². The van der Waals surface area contributed by atoms with E-state index in [2.05, 4.69) is 14.9 Å². The van der Waals surface area contributed by atoms with Gasteiger partial charge in [-0.3, -0.25) is 9.69 Å². The molecule has 1 amide bonds. The second-order valence-electron chi connectivity index (χ2n) is 5.12. The van der Waals surface area contributed by atoms with Crippen molar-refractivity contribution < 1.29 is 4.79 Å². The second-order valence-corrected chi connectivity index (χ2v) is 5.55. The molecular formula is C15H15ClN4O. The second kappa shape index (κ2) is 5.79. The van der Waals surface area contributed by atoms with E-state index in [0.29, 0.717) is 6.54 Å². The van der Waals surface area contributed by atoms with Gasteiger partial charge in [-0.15, -0.1) is 0 Å². The topological polar surface area (TPSA) is 72.1 Å². The van der Waals surface area contributed by atoms with Crippen LogP contribution in [-0.2, 0) is 19.5 Å². The van der Waals surface area contributed by atoms with Crippen LogP contribution in [0.25, 0.3) is 0 Å². The van der Waals surface area contributed by atoms with Crippen molar-refractivity contribution in [3.8, 4) is 0 Å². The Balaban J connectivity index is 1.75. The summed E-state index contributed by atoms with van der Waals surface area (Å²) in [4.78, 5) is 21.7. The van der Waals surface area contributed by atoms with E-state index in [-0.39, 0.29) is 5.82 Å². The molecule has 0 aliphatic carbocycles. The summed E-state index contributed by atoms with van der Waals surface area (Å²) < 4.78 is 0. The Hall–Kier alpha value is -1.98. The first kappa shape index (κ1) is 14.0. The van der Waals surface area contributed by atoms with Gasteiger partial charge in [0.2, 0.25) is 5.82 Å². The number of nitrogens with two attached hydrogens (primary N) is 1. The largest absolute Gasteiger partial charge is 0.363 e. The summed E-state index contributed by atoms with van der Waals surface area (Å²) >= 11 is 5.89. The first-order valence-corrected chi connectivity index (χ1v) is 7.11. The van der Waals surface area contributed by atoms with Crippen molar-refractivity contribution in [2.75, 3.05) is 6.54 Å². The molecule has 1 aliphatic rings. The number of primary amides is 1. The first-order chi connectivity index (χ1) is 10.1. The summed E-state index contributed by atoms with van der Waals surface area (Å²) in [7, 11) is 0. The first-order valence-electron chi connectivity index (χ1n) is 6.73. The van der Waals surface area contributed by atoms with E-state index < -0.39 is 5.91 Å². The molecule has 1 aromatic carbocycles. The number of aromatic nitrogens is 2. The van der Waals surface area contributed by atoms with E-state index in [4.69, 9.17) is 17.3 Å². The van der Waals surface area contributed by atoms with Crippen molar-refractivity contribution in [2.45, 2.75) is 19.5 Å². The minimum atomic E-state index is -0.590. The number of rotatable bonds is 3. The van der Waals surface area contributed by atoms with Gasteiger partial charge in [-0.2, -0.15) is 0 Å². The molecule has 3 rings (SSSR count). The van der Waals surface area contributed by atoms with Crippen LogP contribution in [0.5, 0.6) is 0 Å². The number of carbonyl (C=O) groups excluding carboxylic acids is 1. The van der Waals surface area contributed by atoms with Crippen LogP contribution < -0.4 is 5.73 Å². The Morgan fingerprint density at radius 1 is 1.33 bits per heavy atom. The summed E-state index contributed by atoms with van der Waals surface area (Å²) in [5.41, 5.74) is 8.41. The smallest absolute Gasteiger partial charge is 0.286 e. The van der Waals surface area contributed by atoms with Gasteiger partial charge in [0.1, 0.15) is 0 Å². The Morgan fingerprint density at radius 3 is 2.81 bits per heavy atom. The Bertz CT molecular complexity index is 672. The van der Waals surface area contributed by atoms with Crippen molar-refractivity contribution in [3.05, 3.63) is 58.1 Å². The maximum atomic E-state index is 11.2. The van der Waals surface area contributed by atoms with Crippen molar-refractivity contribution in [1.82, 2.24) is 14.9 Å². The normalized spacial score (nSPS) is 14.7. The number of amides is 1. The average Bonchev–Trinajstić information content (AvgIpc) is 2.49. The lowest BCUT2D eigenvalue weighted by Crippen LogP contribution is -2.32. The van der Waals surface area contributed by atoms with Crippen molar-refractivity contribution in [3.63, 3.8) is 0 Å². The molecule has 0 radical (unpaired) electrons. The van der Waals surface area contributed by atoms with Crippen LogP contribution in [0.3, 0.4) is 0 Å². The maximum Gasteiger partial charge on any atom is 0.286 e. The van der Waals surface area contributed by atoms with E-state index in [1.807, 2.05) is 24.3 Å². The summed E-state index contributed by atoms with van der Waals surface area (Å²) in [6, 6.07) is 7.82. The molecule has 2 heterocycles. The number of nitrogens with zero attached hydrogens (tertiary/aromatic N) is 3. The maximum absolute atomic E-state index is 11.2. The fourth-order valence-corrected chi connectivity index (χ4v) is 2.58. The molecule has 0 spiro atoms. The number of benzene rings is 1. The average molecular weight is 303 g/mol. The summed E-state index contributed by atoms with van der Waals surface area (Å²) in [6.07, 6.45) is 2.59. The summed E-state index contributed by atoms with van der Waals surface area (Å²) in [5.74, 6) is -0.505. The third-order valence-electron chi connectivity index (χ3n) is 3.56. The minimum absolute atomic E-state index is 0.0853. The molecule has 1 aromatic heterocycles. The molecule has 21 heavy (non-hydrogen) atoms. The third kappa shape index (κ3) is 3.20. The highest BCUT2D eigenvalue weighted by molar-refractivity contribution is 6.30. The highest BCUT2D eigenvalue weighted by atomic mass is 35.5. The van der Waals surface area contributed by atoms with Crippen LogP contribution in [-0.4, -0.2) is 27.3 Å². The van der Waals surface area contributed by atoms with Crippen molar-refractivity contribution >= 4 is 17.5 Å². The lowest BCUT2D eigenvalue weighted by Gasteiger charge is -2.27. The van der Waals surface area contributed by atoms with Gasteiger partial charge in [-0.05, 0) is 29.7 Å². The predicted octanol–water partition coefficient (Wildman–Crippen LogP) is 1.79. The fourth-order valence-electron chi connectivity index (χ4n) is 2.46.